The molecule has 170 valence electrons. The summed E-state index contributed by atoms with van der Waals surface area (Å²) in [5, 5.41) is 0. The molecule has 1 aliphatic carbocycles. The molecule has 2 heteroatoms. The van der Waals surface area contributed by atoms with Crippen molar-refractivity contribution >= 4 is 0 Å². The highest BCUT2D eigenvalue weighted by atomic mass is 16.5. The molecule has 2 N–H and O–H groups in total. The minimum atomic E-state index is 0.601. The second-order valence-electron chi connectivity index (χ2n) is 8.82. The molecule has 1 aliphatic rings. The molecular formula is C30H39NO. The molecule has 0 heterocycles. The van der Waals surface area contributed by atoms with Crippen LogP contribution in [0.5, 0.6) is 5.75 Å². The van der Waals surface area contributed by atoms with Crippen LogP contribution in [0.4, 0.5) is 0 Å². The van der Waals surface area contributed by atoms with Crippen molar-refractivity contribution in [2.24, 2.45) is 11.7 Å². The summed E-state index contributed by atoms with van der Waals surface area (Å²) in [5.41, 5.74) is 12.3. The summed E-state index contributed by atoms with van der Waals surface area (Å²) in [6, 6.07) is 25.7. The second-order valence-corrected chi connectivity index (χ2v) is 8.82. The Kier molecular flexibility index (Phi) is 9.84. The van der Waals surface area contributed by atoms with E-state index >= 15 is 0 Å². The number of nitrogens with two attached hydrogens (primary N) is 1. The molecule has 1 unspecified atom stereocenters. The first-order chi connectivity index (χ1) is 15.7. The van der Waals surface area contributed by atoms with Crippen LogP contribution in [0.3, 0.4) is 0 Å². The molecule has 0 saturated heterocycles. The van der Waals surface area contributed by atoms with Crippen molar-refractivity contribution in [3.8, 4) is 16.9 Å². The summed E-state index contributed by atoms with van der Waals surface area (Å²) in [7, 11) is 0. The van der Waals surface area contributed by atoms with Crippen LogP contribution in [0.15, 0.2) is 72.8 Å². The third-order valence-electron chi connectivity index (χ3n) is 6.26. The third-order valence-corrected chi connectivity index (χ3v) is 6.26. The highest BCUT2D eigenvalue weighted by Crippen LogP contribution is 2.30. The number of hydrogen-bond acceptors (Lipinski definition) is 2. The maximum Gasteiger partial charge on any atom is 0.120 e. The molecule has 0 aliphatic heterocycles. The van der Waals surface area contributed by atoms with E-state index in [1.807, 2.05) is 6.07 Å². The molecular weight excluding hydrogens is 390 g/mol. The van der Waals surface area contributed by atoms with Gasteiger partial charge in [-0.25, -0.2) is 0 Å². The third kappa shape index (κ3) is 7.24. The van der Waals surface area contributed by atoms with E-state index in [2.05, 4.69) is 80.6 Å². The Labute approximate surface area is 194 Å². The predicted octanol–water partition coefficient (Wildman–Crippen LogP) is 7.58. The van der Waals surface area contributed by atoms with Crippen LogP contribution in [-0.2, 0) is 19.4 Å². The number of hydrogen-bond donors (Lipinski definition) is 1. The van der Waals surface area contributed by atoms with Crippen molar-refractivity contribution in [2.75, 3.05) is 6.54 Å². The van der Waals surface area contributed by atoms with Gasteiger partial charge in [-0.3, -0.25) is 0 Å². The summed E-state index contributed by atoms with van der Waals surface area (Å²) in [6.07, 6.45) is 8.76. The normalized spacial score (nSPS) is 14.8. The number of benzene rings is 3. The lowest BCUT2D eigenvalue weighted by Crippen LogP contribution is -2.17. The zero-order valence-corrected chi connectivity index (χ0v) is 19.9. The van der Waals surface area contributed by atoms with Crippen LogP contribution in [0.2, 0.25) is 0 Å². The quantitative estimate of drug-likeness (QED) is 0.400. The highest BCUT2D eigenvalue weighted by Gasteiger charge is 2.18. The van der Waals surface area contributed by atoms with E-state index in [0.717, 1.165) is 37.5 Å². The summed E-state index contributed by atoms with van der Waals surface area (Å²) in [6.45, 7) is 5.82. The van der Waals surface area contributed by atoms with Gasteiger partial charge in [0.2, 0.25) is 0 Å². The minimum Gasteiger partial charge on any atom is -0.489 e. The van der Waals surface area contributed by atoms with E-state index < -0.39 is 0 Å². The van der Waals surface area contributed by atoms with Gasteiger partial charge in [0.15, 0.2) is 0 Å². The molecule has 0 amide bonds. The molecule has 1 atom stereocenters. The first-order valence-corrected chi connectivity index (χ1v) is 12.3. The molecule has 2 nitrogen and oxygen atoms in total. The Morgan fingerprint density at radius 2 is 1.56 bits per heavy atom. The fourth-order valence-electron chi connectivity index (χ4n) is 4.32. The van der Waals surface area contributed by atoms with Gasteiger partial charge in [-0.15, -0.1) is 0 Å². The molecule has 0 bridgehead atoms. The van der Waals surface area contributed by atoms with Crippen LogP contribution in [-0.4, -0.2) is 6.54 Å². The van der Waals surface area contributed by atoms with Crippen molar-refractivity contribution in [2.45, 2.75) is 65.4 Å². The Balaban J connectivity index is 0.000000523. The first kappa shape index (κ1) is 24.1. The topological polar surface area (TPSA) is 35.2 Å². The van der Waals surface area contributed by atoms with Crippen molar-refractivity contribution in [3.63, 3.8) is 0 Å². The Morgan fingerprint density at radius 1 is 0.844 bits per heavy atom. The second kappa shape index (κ2) is 13.1. The van der Waals surface area contributed by atoms with E-state index in [4.69, 9.17) is 10.5 Å². The van der Waals surface area contributed by atoms with Gasteiger partial charge in [-0.05, 0) is 78.1 Å². The van der Waals surface area contributed by atoms with E-state index in [-0.39, 0.29) is 0 Å². The van der Waals surface area contributed by atoms with Crippen LogP contribution < -0.4 is 10.5 Å². The standard InChI is InChI=1S/C25H27NO.C5H12/c26-15-14-19-6-11-24-17-25(13-12-23(24)16-19)27-18-20-7-9-22(10-8-20)21-4-2-1-3-5-21;1-3-5-4-2/h1-5,7-10,12-13,17,19H,6,11,14-16,18,26H2;3-5H2,1-2H3. The summed E-state index contributed by atoms with van der Waals surface area (Å²) >= 11 is 0. The number of ether oxygens (including phenoxy) is 1. The number of unbranched alkanes of at least 4 members (excludes halogenated alkanes) is 2. The molecule has 0 spiro atoms. The maximum absolute atomic E-state index is 6.06. The molecule has 0 saturated carbocycles. The molecule has 32 heavy (non-hydrogen) atoms. The monoisotopic (exact) mass is 429 g/mol. The van der Waals surface area contributed by atoms with Crippen molar-refractivity contribution in [3.05, 3.63) is 89.5 Å². The summed E-state index contributed by atoms with van der Waals surface area (Å²) < 4.78 is 6.06. The van der Waals surface area contributed by atoms with Crippen molar-refractivity contribution < 1.29 is 4.74 Å². The van der Waals surface area contributed by atoms with Gasteiger partial charge < -0.3 is 10.5 Å². The number of rotatable bonds is 8. The predicted molar refractivity (Wildman–Crippen MR) is 137 cm³/mol. The molecule has 0 radical (unpaired) electrons. The Bertz CT molecular complexity index is 915. The Morgan fingerprint density at radius 3 is 2.22 bits per heavy atom. The van der Waals surface area contributed by atoms with Gasteiger partial charge in [-0.2, -0.15) is 0 Å². The summed E-state index contributed by atoms with van der Waals surface area (Å²) in [4.78, 5) is 0. The van der Waals surface area contributed by atoms with Gasteiger partial charge >= 0.3 is 0 Å². The SMILES string of the molecule is CCCCC.NCCC1CCc2cc(OCc3ccc(-c4ccccc4)cc3)ccc2C1. The van der Waals surface area contributed by atoms with Gasteiger partial charge in [0.25, 0.3) is 0 Å². The fourth-order valence-corrected chi connectivity index (χ4v) is 4.32. The lowest BCUT2D eigenvalue weighted by Gasteiger charge is -2.24. The van der Waals surface area contributed by atoms with Gasteiger partial charge in [-0.1, -0.05) is 93.8 Å². The molecule has 0 aromatic heterocycles. The average molecular weight is 430 g/mol. The molecule has 0 fully saturated rings. The van der Waals surface area contributed by atoms with Gasteiger partial charge in [0, 0.05) is 0 Å². The van der Waals surface area contributed by atoms with Gasteiger partial charge in [0.1, 0.15) is 12.4 Å². The van der Waals surface area contributed by atoms with Gasteiger partial charge in [0.05, 0.1) is 0 Å². The smallest absolute Gasteiger partial charge is 0.120 e. The lowest BCUT2D eigenvalue weighted by atomic mass is 9.82. The maximum atomic E-state index is 6.06. The van der Waals surface area contributed by atoms with Crippen molar-refractivity contribution in [1.82, 2.24) is 0 Å². The average Bonchev–Trinajstić information content (AvgIpc) is 2.85. The summed E-state index contributed by atoms with van der Waals surface area (Å²) in [5.74, 6) is 1.72. The fraction of sp³-hybridized carbons (Fsp3) is 0.400. The number of fused-ring (bicyclic) bond motifs is 1. The van der Waals surface area contributed by atoms with E-state index in [0.29, 0.717) is 6.61 Å². The zero-order chi connectivity index (χ0) is 22.6. The lowest BCUT2D eigenvalue weighted by molar-refractivity contribution is 0.305. The van der Waals surface area contributed by atoms with Crippen LogP contribution in [0, 0.1) is 5.92 Å². The van der Waals surface area contributed by atoms with Crippen LogP contribution >= 0.6 is 0 Å². The zero-order valence-electron chi connectivity index (χ0n) is 19.9. The van der Waals surface area contributed by atoms with Crippen molar-refractivity contribution in [1.29, 1.82) is 0 Å². The molecule has 4 rings (SSSR count). The largest absolute Gasteiger partial charge is 0.489 e. The van der Waals surface area contributed by atoms with E-state index in [1.165, 1.54) is 53.5 Å². The Hall–Kier alpha value is -2.58. The number of aryl methyl sites for hydroxylation is 1. The van der Waals surface area contributed by atoms with Crippen LogP contribution in [0.1, 0.15) is 62.6 Å². The van der Waals surface area contributed by atoms with Crippen LogP contribution in [0.25, 0.3) is 11.1 Å². The molecule has 3 aromatic rings. The van der Waals surface area contributed by atoms with E-state index in [9.17, 15) is 0 Å². The minimum absolute atomic E-state index is 0.601. The first-order valence-electron chi connectivity index (χ1n) is 12.3. The highest BCUT2D eigenvalue weighted by molar-refractivity contribution is 5.63. The molecule has 3 aromatic carbocycles. The van der Waals surface area contributed by atoms with E-state index in [1.54, 1.807) is 0 Å².